The van der Waals surface area contributed by atoms with Gasteiger partial charge in [0.25, 0.3) is 0 Å². The molecule has 0 saturated carbocycles. The van der Waals surface area contributed by atoms with Crippen LogP contribution in [0, 0.1) is 0 Å². The Labute approximate surface area is 241 Å². The Morgan fingerprint density at radius 3 is 1.19 bits per heavy atom. The van der Waals surface area contributed by atoms with Crippen molar-refractivity contribution in [2.24, 2.45) is 0 Å². The highest BCUT2D eigenvalue weighted by Crippen LogP contribution is 2.49. The van der Waals surface area contributed by atoms with Crippen molar-refractivity contribution < 1.29 is 57.1 Å². The zero-order valence-corrected chi connectivity index (χ0v) is 24.4. The van der Waals surface area contributed by atoms with Gasteiger partial charge in [0.1, 0.15) is 5.60 Å². The number of hydrogen-bond donors (Lipinski definition) is 1. The third-order valence-electron chi connectivity index (χ3n) is 8.13. The molecule has 2 nitrogen and oxygen atoms in total. The molecule has 0 spiro atoms. The molecule has 1 unspecified atom stereocenters. The lowest BCUT2D eigenvalue weighted by Gasteiger charge is -2.45. The largest absolute Gasteiger partial charge is 0.416 e. The summed E-state index contributed by atoms with van der Waals surface area (Å²) in [5.41, 5.74) is -11.2. The van der Waals surface area contributed by atoms with E-state index in [-0.39, 0.29) is 30.3 Å². The number of hydrogen-bond acceptors (Lipinski definition) is 2. The van der Waals surface area contributed by atoms with E-state index in [4.69, 9.17) is 4.43 Å². The van der Waals surface area contributed by atoms with Crippen molar-refractivity contribution in [3.05, 3.63) is 69.8 Å². The first-order valence-electron chi connectivity index (χ1n) is 13.6. The van der Waals surface area contributed by atoms with E-state index < -0.39 is 84.5 Å². The van der Waals surface area contributed by atoms with Crippen molar-refractivity contribution >= 4 is 8.32 Å². The van der Waals surface area contributed by atoms with Crippen molar-refractivity contribution in [2.75, 3.05) is 6.54 Å². The smallest absolute Gasteiger partial charge is 0.403 e. The Kier molecular flexibility index (Phi) is 10.0. The van der Waals surface area contributed by atoms with Crippen LogP contribution in [-0.2, 0) is 34.7 Å². The summed E-state index contributed by atoms with van der Waals surface area (Å²) in [7, 11) is -3.20. The Morgan fingerprint density at radius 2 is 0.930 bits per heavy atom. The summed E-state index contributed by atoms with van der Waals surface area (Å²) in [6.07, 6.45) is -21.0. The second-order valence-electron chi connectivity index (χ2n) is 10.8. The number of alkyl halides is 12. The molecule has 1 aliphatic heterocycles. The summed E-state index contributed by atoms with van der Waals surface area (Å²) in [6.45, 7) is 5.38. The lowest BCUT2D eigenvalue weighted by atomic mass is 9.78. The van der Waals surface area contributed by atoms with Gasteiger partial charge in [-0.3, -0.25) is 0 Å². The third-order valence-corrected chi connectivity index (χ3v) is 12.8. The van der Waals surface area contributed by atoms with Crippen LogP contribution in [0.1, 0.15) is 73.4 Å². The molecule has 1 aliphatic rings. The fourth-order valence-corrected chi connectivity index (χ4v) is 8.54. The third kappa shape index (κ3) is 7.88. The van der Waals surface area contributed by atoms with Crippen molar-refractivity contribution in [2.45, 2.75) is 94.5 Å². The molecule has 0 aromatic heterocycles. The highest BCUT2D eigenvalue weighted by atomic mass is 28.4. The van der Waals surface area contributed by atoms with Crippen LogP contribution in [0.25, 0.3) is 0 Å². The Hall–Kier alpha value is -2.26. The Bertz CT molecular complexity index is 1110. The maximum atomic E-state index is 14.0. The lowest BCUT2D eigenvalue weighted by molar-refractivity contribution is -0.144. The minimum atomic E-state index is -5.33. The van der Waals surface area contributed by atoms with E-state index in [1.165, 1.54) is 0 Å². The van der Waals surface area contributed by atoms with Crippen molar-refractivity contribution in [1.29, 1.82) is 0 Å². The van der Waals surface area contributed by atoms with Crippen LogP contribution in [0.3, 0.4) is 0 Å². The molecule has 0 amide bonds. The molecule has 15 heteroatoms. The first kappa shape index (κ1) is 35.2. The van der Waals surface area contributed by atoms with E-state index in [0.717, 1.165) is 0 Å². The van der Waals surface area contributed by atoms with E-state index in [1.54, 1.807) is 20.8 Å². The monoisotopic (exact) mass is 653 g/mol. The minimum Gasteiger partial charge on any atom is -0.403 e. The zero-order chi connectivity index (χ0) is 32.6. The number of benzene rings is 2. The molecule has 0 bridgehead atoms. The van der Waals surface area contributed by atoms with Gasteiger partial charge < -0.3 is 9.74 Å². The van der Waals surface area contributed by atoms with E-state index in [9.17, 15) is 52.7 Å². The molecular weight excluding hydrogens is 622 g/mol. The van der Waals surface area contributed by atoms with Gasteiger partial charge in [0.15, 0.2) is 8.32 Å². The highest BCUT2D eigenvalue weighted by molar-refractivity contribution is 6.73. The quantitative estimate of drug-likeness (QED) is 0.215. The summed E-state index contributed by atoms with van der Waals surface area (Å²) >= 11 is 0. The molecular formula is C28H31F12NOSi. The average Bonchev–Trinajstić information content (AvgIpc) is 3.42. The number of halogens is 12. The van der Waals surface area contributed by atoms with Gasteiger partial charge in [-0.15, -0.1) is 0 Å². The maximum Gasteiger partial charge on any atom is 0.416 e. The summed E-state index contributed by atoms with van der Waals surface area (Å²) in [6, 6.07) is 1.15. The first-order valence-corrected chi connectivity index (χ1v) is 16.2. The highest BCUT2D eigenvalue weighted by Gasteiger charge is 2.49. The molecule has 0 radical (unpaired) electrons. The number of rotatable bonds is 9. The van der Waals surface area contributed by atoms with Gasteiger partial charge in [0.2, 0.25) is 0 Å². The van der Waals surface area contributed by atoms with Gasteiger partial charge in [-0.2, -0.15) is 52.7 Å². The van der Waals surface area contributed by atoms with Gasteiger partial charge >= 0.3 is 24.7 Å². The SMILES string of the molecule is CC[Si](CC)(CC)OC(CC1CCCN1)(c1cc(C(F)(F)F)cc(C(F)(F)F)c1)c1cc(C(F)(F)F)cc(C(F)(F)F)c1. The molecule has 1 saturated heterocycles. The van der Waals surface area contributed by atoms with Crippen LogP contribution in [0.4, 0.5) is 52.7 Å². The van der Waals surface area contributed by atoms with Crippen LogP contribution in [0.5, 0.6) is 0 Å². The second kappa shape index (κ2) is 12.3. The molecule has 1 heterocycles. The normalized spacial score (nSPS) is 17.5. The molecule has 242 valence electrons. The maximum absolute atomic E-state index is 14.0. The fraction of sp³-hybridized carbons (Fsp3) is 0.571. The van der Waals surface area contributed by atoms with Gasteiger partial charge in [-0.25, -0.2) is 0 Å². The molecule has 0 aliphatic carbocycles. The van der Waals surface area contributed by atoms with Crippen molar-refractivity contribution in [3.8, 4) is 0 Å². The van der Waals surface area contributed by atoms with Crippen LogP contribution in [0.15, 0.2) is 36.4 Å². The molecule has 2 aromatic carbocycles. The fourth-order valence-electron chi connectivity index (χ4n) is 5.55. The summed E-state index contributed by atoms with van der Waals surface area (Å²) < 4.78 is 175. The molecule has 43 heavy (non-hydrogen) atoms. The summed E-state index contributed by atoms with van der Waals surface area (Å²) in [4.78, 5) is 0. The van der Waals surface area contributed by atoms with E-state index >= 15 is 0 Å². The standard InChI is InChI=1S/C28H31F12NOSi/c1-4-43(5-2,6-3)42-24(16-23-8-7-9-41-23,17-10-19(25(29,30)31)14-20(11-17)26(32,33)34)18-12-21(27(35,36)37)15-22(13-18)28(38,39)40/h10-15,23,41H,4-9,16H2,1-3H3. The first-order chi connectivity index (χ1) is 19.6. The molecule has 1 fully saturated rings. The van der Waals surface area contributed by atoms with Crippen LogP contribution in [-0.4, -0.2) is 20.9 Å². The Balaban J connectivity index is 2.59. The minimum absolute atomic E-state index is 0.139. The van der Waals surface area contributed by atoms with Gasteiger partial charge in [0.05, 0.1) is 22.3 Å². The predicted molar refractivity (Wildman–Crippen MR) is 138 cm³/mol. The van der Waals surface area contributed by atoms with Gasteiger partial charge in [-0.1, -0.05) is 20.8 Å². The van der Waals surface area contributed by atoms with E-state index in [1.807, 2.05) is 0 Å². The molecule has 2 aromatic rings. The van der Waals surface area contributed by atoms with Crippen LogP contribution in [0.2, 0.25) is 18.1 Å². The van der Waals surface area contributed by atoms with Crippen molar-refractivity contribution in [1.82, 2.24) is 5.32 Å². The second-order valence-corrected chi connectivity index (χ2v) is 15.5. The molecule has 1 N–H and O–H groups in total. The number of nitrogens with one attached hydrogen (secondary N) is 1. The zero-order valence-electron chi connectivity index (χ0n) is 23.4. The van der Waals surface area contributed by atoms with Crippen LogP contribution >= 0.6 is 0 Å². The molecule has 3 rings (SSSR count). The molecule has 1 atom stereocenters. The lowest BCUT2D eigenvalue weighted by Crippen LogP contribution is -2.49. The van der Waals surface area contributed by atoms with Gasteiger partial charge in [-0.05, 0) is 91.5 Å². The van der Waals surface area contributed by atoms with Crippen LogP contribution < -0.4 is 5.32 Å². The summed E-state index contributed by atoms with van der Waals surface area (Å²) in [5.74, 6) is 0. The Morgan fingerprint density at radius 1 is 0.605 bits per heavy atom. The summed E-state index contributed by atoms with van der Waals surface area (Å²) in [5, 5.41) is 3.02. The van der Waals surface area contributed by atoms with E-state index in [2.05, 4.69) is 5.32 Å². The predicted octanol–water partition coefficient (Wildman–Crippen LogP) is 10.2. The topological polar surface area (TPSA) is 21.3 Å². The average molecular weight is 654 g/mol. The van der Waals surface area contributed by atoms with Gasteiger partial charge in [0, 0.05) is 6.04 Å². The van der Waals surface area contributed by atoms with E-state index in [0.29, 0.717) is 43.7 Å². The van der Waals surface area contributed by atoms with Crippen molar-refractivity contribution in [3.63, 3.8) is 0 Å².